The van der Waals surface area contributed by atoms with Gasteiger partial charge in [0.1, 0.15) is 47.3 Å². The first-order valence-electron chi connectivity index (χ1n) is 12.6. The Morgan fingerprint density at radius 2 is 1.82 bits per heavy atom. The van der Waals surface area contributed by atoms with Gasteiger partial charge in [0.15, 0.2) is 0 Å². The number of methoxy groups -OCH3 is 1. The third kappa shape index (κ3) is 5.70. The minimum absolute atomic E-state index is 0.0574. The van der Waals surface area contributed by atoms with Crippen LogP contribution in [0.1, 0.15) is 55.4 Å². The zero-order valence-corrected chi connectivity index (χ0v) is 21.7. The highest BCUT2D eigenvalue weighted by molar-refractivity contribution is 5.71. The fraction of sp³-hybridized carbons (Fsp3) is 0.367. The third-order valence-electron chi connectivity index (χ3n) is 6.67. The van der Waals surface area contributed by atoms with E-state index in [1.807, 2.05) is 12.1 Å². The lowest BCUT2D eigenvalue weighted by Gasteiger charge is -2.18. The molecule has 0 bridgehead atoms. The van der Waals surface area contributed by atoms with Crippen molar-refractivity contribution in [3.8, 4) is 28.7 Å². The van der Waals surface area contributed by atoms with Crippen molar-refractivity contribution in [2.45, 2.75) is 50.7 Å². The summed E-state index contributed by atoms with van der Waals surface area (Å²) in [6.07, 6.45) is 1.02. The number of hydrogen-bond acceptors (Lipinski definition) is 7. The highest BCUT2D eigenvalue weighted by Gasteiger charge is 2.32. The fourth-order valence-corrected chi connectivity index (χ4v) is 4.79. The van der Waals surface area contributed by atoms with Crippen molar-refractivity contribution in [1.82, 2.24) is 0 Å². The largest absolute Gasteiger partial charge is 0.492 e. The van der Waals surface area contributed by atoms with Crippen molar-refractivity contribution >= 4 is 5.97 Å². The smallest absolute Gasteiger partial charge is 0.306 e. The van der Waals surface area contributed by atoms with Crippen molar-refractivity contribution < 1.29 is 38.0 Å². The van der Waals surface area contributed by atoms with E-state index in [2.05, 4.69) is 0 Å². The molecule has 0 aromatic heterocycles. The predicted octanol–water partition coefficient (Wildman–Crippen LogP) is 5.87. The van der Waals surface area contributed by atoms with Gasteiger partial charge in [-0.1, -0.05) is 6.07 Å². The van der Waals surface area contributed by atoms with E-state index in [4.69, 9.17) is 23.7 Å². The van der Waals surface area contributed by atoms with E-state index in [1.165, 1.54) is 13.2 Å². The summed E-state index contributed by atoms with van der Waals surface area (Å²) < 4.78 is 43.4. The average Bonchev–Trinajstić information content (AvgIpc) is 3.49. The quantitative estimate of drug-likeness (QED) is 0.352. The van der Waals surface area contributed by atoms with Crippen LogP contribution in [-0.2, 0) is 16.0 Å². The molecule has 38 heavy (non-hydrogen) atoms. The standard InChI is InChI=1S/C30H31FO7/c1-30(2,33)17-36-19-4-6-20(7-5-19)37-25-13-11-24(31)29-23(25)10-12-26(29)38-21-8-9-22-18(14-28(32)34-3)16-35-27(22)15-21/h4-9,11,13,15,18,26,33H,10,12,14,16-17H2,1-3H3/t18?,26-/m1/s1. The Morgan fingerprint density at radius 3 is 2.55 bits per heavy atom. The van der Waals surface area contributed by atoms with E-state index in [0.29, 0.717) is 53.8 Å². The Morgan fingerprint density at radius 1 is 1.08 bits per heavy atom. The van der Waals surface area contributed by atoms with Crippen LogP contribution in [0.5, 0.6) is 28.7 Å². The van der Waals surface area contributed by atoms with E-state index in [9.17, 15) is 14.3 Å². The van der Waals surface area contributed by atoms with E-state index in [-0.39, 0.29) is 30.7 Å². The molecule has 1 aliphatic carbocycles. The first-order valence-corrected chi connectivity index (χ1v) is 12.6. The van der Waals surface area contributed by atoms with Gasteiger partial charge in [-0.15, -0.1) is 0 Å². The second-order valence-corrected chi connectivity index (χ2v) is 10.2. The molecule has 0 saturated heterocycles. The van der Waals surface area contributed by atoms with Gasteiger partial charge in [-0.3, -0.25) is 4.79 Å². The van der Waals surface area contributed by atoms with Gasteiger partial charge in [0.25, 0.3) is 0 Å². The number of halogens is 1. The molecule has 1 heterocycles. The zero-order chi connectivity index (χ0) is 26.9. The molecule has 5 rings (SSSR count). The van der Waals surface area contributed by atoms with Gasteiger partial charge in [-0.2, -0.15) is 0 Å². The monoisotopic (exact) mass is 522 g/mol. The third-order valence-corrected chi connectivity index (χ3v) is 6.67. The van der Waals surface area contributed by atoms with Gasteiger partial charge in [-0.25, -0.2) is 4.39 Å². The Hall–Kier alpha value is -3.78. The molecule has 0 spiro atoms. The molecule has 1 N–H and O–H groups in total. The van der Waals surface area contributed by atoms with Gasteiger partial charge >= 0.3 is 5.97 Å². The molecule has 8 heteroatoms. The SMILES string of the molecule is COC(=O)CC1COc2cc(O[C@@H]3CCc4c(Oc5ccc(OCC(C)(C)O)cc5)ccc(F)c43)ccc21. The molecule has 2 aliphatic rings. The molecule has 0 radical (unpaired) electrons. The lowest BCUT2D eigenvalue weighted by atomic mass is 9.98. The van der Waals surface area contributed by atoms with Crippen molar-refractivity contribution in [3.05, 3.63) is 77.1 Å². The minimum Gasteiger partial charge on any atom is -0.492 e. The minimum atomic E-state index is -0.928. The maximum absolute atomic E-state index is 15.0. The van der Waals surface area contributed by atoms with E-state index in [0.717, 1.165) is 11.1 Å². The summed E-state index contributed by atoms with van der Waals surface area (Å²) in [5, 5.41) is 9.83. The number of ether oxygens (including phenoxy) is 5. The Bertz CT molecular complexity index is 1310. The number of carbonyl (C=O) groups is 1. The fourth-order valence-electron chi connectivity index (χ4n) is 4.79. The van der Waals surface area contributed by atoms with Gasteiger partial charge < -0.3 is 28.8 Å². The van der Waals surface area contributed by atoms with Gasteiger partial charge in [-0.05, 0) is 69.2 Å². The molecule has 2 atom stereocenters. The first kappa shape index (κ1) is 25.9. The summed E-state index contributed by atoms with van der Waals surface area (Å²) in [6.45, 7) is 3.93. The van der Waals surface area contributed by atoms with Crippen LogP contribution in [0.25, 0.3) is 0 Å². The number of carbonyl (C=O) groups excluding carboxylic acids is 1. The summed E-state index contributed by atoms with van der Waals surface area (Å²) in [4.78, 5) is 11.7. The molecule has 7 nitrogen and oxygen atoms in total. The topological polar surface area (TPSA) is 83.5 Å². The number of fused-ring (bicyclic) bond motifs is 2. The molecule has 0 amide bonds. The van der Waals surface area contributed by atoms with Crippen LogP contribution in [0, 0.1) is 5.82 Å². The number of hydrogen-bond donors (Lipinski definition) is 1. The zero-order valence-electron chi connectivity index (χ0n) is 21.7. The van der Waals surface area contributed by atoms with Crippen molar-refractivity contribution in [1.29, 1.82) is 0 Å². The molecule has 0 saturated carbocycles. The van der Waals surface area contributed by atoms with Crippen LogP contribution in [-0.4, -0.2) is 37.0 Å². The van der Waals surface area contributed by atoms with Crippen LogP contribution in [0.2, 0.25) is 0 Å². The second-order valence-electron chi connectivity index (χ2n) is 10.2. The normalized spacial score (nSPS) is 17.8. The lowest BCUT2D eigenvalue weighted by Crippen LogP contribution is -2.27. The van der Waals surface area contributed by atoms with Crippen LogP contribution < -0.4 is 18.9 Å². The molecule has 0 fully saturated rings. The molecule has 1 aliphatic heterocycles. The second kappa shape index (κ2) is 10.5. The van der Waals surface area contributed by atoms with Crippen molar-refractivity contribution in [2.75, 3.05) is 20.3 Å². The summed E-state index contributed by atoms with van der Waals surface area (Å²) in [6, 6.07) is 15.6. The number of rotatable bonds is 9. The van der Waals surface area contributed by atoms with Crippen LogP contribution in [0.4, 0.5) is 4.39 Å². The Kier molecular flexibility index (Phi) is 7.17. The van der Waals surface area contributed by atoms with Gasteiger partial charge in [0.2, 0.25) is 0 Å². The number of benzene rings is 3. The maximum Gasteiger partial charge on any atom is 0.306 e. The molecule has 1 unspecified atom stereocenters. The molecular formula is C30H31FO7. The van der Waals surface area contributed by atoms with Crippen molar-refractivity contribution in [2.24, 2.45) is 0 Å². The van der Waals surface area contributed by atoms with Crippen LogP contribution >= 0.6 is 0 Å². The summed E-state index contributed by atoms with van der Waals surface area (Å²) in [7, 11) is 1.37. The number of esters is 1. The van der Waals surface area contributed by atoms with Crippen molar-refractivity contribution in [3.63, 3.8) is 0 Å². The maximum atomic E-state index is 15.0. The molecule has 200 valence electrons. The lowest BCUT2D eigenvalue weighted by molar-refractivity contribution is -0.141. The predicted molar refractivity (Wildman–Crippen MR) is 138 cm³/mol. The van der Waals surface area contributed by atoms with Gasteiger partial charge in [0, 0.05) is 28.7 Å². The molecule has 3 aromatic rings. The molecule has 3 aromatic carbocycles. The summed E-state index contributed by atoms with van der Waals surface area (Å²) in [5.74, 6) is 2.37. The first-order chi connectivity index (χ1) is 18.2. The Labute approximate surface area is 221 Å². The number of aliphatic hydroxyl groups is 1. The average molecular weight is 523 g/mol. The highest BCUT2D eigenvalue weighted by Crippen LogP contribution is 2.44. The van der Waals surface area contributed by atoms with Gasteiger partial charge in [0.05, 0.1) is 25.7 Å². The van der Waals surface area contributed by atoms with E-state index < -0.39 is 11.7 Å². The van der Waals surface area contributed by atoms with E-state index in [1.54, 1.807) is 50.2 Å². The molecular weight excluding hydrogens is 491 g/mol. The highest BCUT2D eigenvalue weighted by atomic mass is 19.1. The Balaban J connectivity index is 1.28. The summed E-state index contributed by atoms with van der Waals surface area (Å²) >= 11 is 0. The van der Waals surface area contributed by atoms with Crippen LogP contribution in [0.3, 0.4) is 0 Å². The van der Waals surface area contributed by atoms with Crippen LogP contribution in [0.15, 0.2) is 54.6 Å². The van der Waals surface area contributed by atoms with E-state index >= 15 is 0 Å². The summed E-state index contributed by atoms with van der Waals surface area (Å²) in [5.41, 5.74) is 1.29.